The average molecular weight is 2250 g/mol. The molecule has 4 heteroatoms. The molecule has 0 bridgehead atoms. The van der Waals surface area contributed by atoms with Crippen LogP contribution in [-0.4, -0.2) is 0 Å². The van der Waals surface area contributed by atoms with Gasteiger partial charge in [0.05, 0.1) is 0 Å². The van der Waals surface area contributed by atoms with Crippen LogP contribution in [0.1, 0.15) is 291 Å². The van der Waals surface area contributed by atoms with Crippen LogP contribution in [0.15, 0.2) is 108 Å². The third-order valence-corrected chi connectivity index (χ3v) is 32.3. The van der Waals surface area contributed by atoms with Crippen LogP contribution >= 0.6 is 0 Å². The third kappa shape index (κ3) is 35.3. The monoisotopic (exact) mass is 2250 g/mol. The van der Waals surface area contributed by atoms with E-state index in [1.165, 1.54) is 88.2 Å². The standard InChI is InChI=1S/C18H24.C14H16.C13H18.C10H14.4C10H20.16CH3.4Hf/c1-18(2,3)12-14-9-11-17-15-7-5-4-6-13(15)8-10-16(14)17;1-10-6-7-12-9-8-11-4-2-3-5-13(11)14(10)12;1-9-5-6-12-7-10-3-2-4-11(10)8-13(9)12;1-8-6-7-9-4-2-3-5-10(8)9;4*1-6-7(2)9(4)10(5)8(6)3;;;;;;;;;;;;;;;;;;;;/h4-8,10,14,16-17H,9,11-12H2,1-3H3;2-5,8-10,12,14H,6-7H2,1H3;7-9,12-13H,2-6H2,1H3;2-5,8-10H,6-7H2,1H3;4*6-10H,1-5H3;16*1H3;;;;/q;;;;;;;;16*-1;4*+4. The molecule has 0 nitrogen and oxygen atoms in total. The van der Waals surface area contributed by atoms with Gasteiger partial charge in [0.2, 0.25) is 0 Å². The summed E-state index contributed by atoms with van der Waals surface area (Å²) in [5, 5.41) is 0. The Kier molecular flexibility index (Phi) is 81.4. The number of hydrogen-bond donors (Lipinski definition) is 0. The summed E-state index contributed by atoms with van der Waals surface area (Å²) in [6.07, 6.45) is 40.7. The SMILES string of the molecule is CC(C)(C)CC1CCC2c3ccccc3C=CC12.CC1C(C)C(C)C(C)C1C.CC1C(C)C(C)C(C)C1C.CC1C(C)C(C)C(C)C1C.CC1C(C)C(C)C(C)C1C.CC1CCC2C=C3CCCC3=CC12.CC1CCC2C=CC=CC12.CC1CCC2C=Cc3ccccc3C12.[CH3-].[CH3-].[CH3-].[CH3-].[CH3-].[CH3-].[CH3-].[CH3-].[CH3-].[CH3-].[CH3-].[CH3-].[CH3-].[CH3-].[CH3-].[CH3-].[Hf+4].[Hf+4].[Hf+4].[Hf+4]. The van der Waals surface area contributed by atoms with Crippen molar-refractivity contribution in [3.8, 4) is 0 Å². The first kappa shape index (κ1) is 144. The van der Waals surface area contributed by atoms with Gasteiger partial charge < -0.3 is 119 Å². The van der Waals surface area contributed by atoms with Crippen LogP contribution in [-0.2, 0) is 103 Å². The van der Waals surface area contributed by atoms with Crippen molar-refractivity contribution in [1.82, 2.24) is 0 Å². The Labute approximate surface area is 808 Å². The van der Waals surface area contributed by atoms with Crippen LogP contribution < -0.4 is 0 Å². The summed E-state index contributed by atoms with van der Waals surface area (Å²) in [5.41, 5.74) is 9.96. The first-order chi connectivity index (χ1) is 44.8. The van der Waals surface area contributed by atoms with Crippen molar-refractivity contribution in [2.75, 3.05) is 0 Å². The molecule has 0 N–H and O–H groups in total. The zero-order valence-corrected chi connectivity index (χ0v) is 99.2. The molecule has 660 valence electrons. The van der Waals surface area contributed by atoms with Crippen molar-refractivity contribution in [1.29, 1.82) is 0 Å². The second-order valence-electron chi connectivity index (χ2n) is 37.8. The van der Waals surface area contributed by atoms with Crippen LogP contribution in [0.5, 0.6) is 0 Å². The minimum Gasteiger partial charge on any atom is -0.358 e. The van der Waals surface area contributed by atoms with Gasteiger partial charge in [-0.05, 0) is 305 Å². The molecule has 0 heterocycles. The molecule has 15 rings (SSSR count). The van der Waals surface area contributed by atoms with Gasteiger partial charge in [0.1, 0.15) is 0 Å². The number of hydrogen-bond acceptors (Lipinski definition) is 0. The summed E-state index contributed by atoms with van der Waals surface area (Å²) in [5.74, 6) is 29.1. The normalized spacial score (nSPS) is 36.7. The third-order valence-electron chi connectivity index (χ3n) is 32.3. The molecule has 0 spiro atoms. The summed E-state index contributed by atoms with van der Waals surface area (Å²) in [6.45, 7) is 62.3. The van der Waals surface area contributed by atoms with Crippen molar-refractivity contribution in [3.63, 3.8) is 0 Å². The first-order valence-corrected chi connectivity index (χ1v) is 41.2. The molecule has 13 aliphatic rings. The van der Waals surface area contributed by atoms with Gasteiger partial charge in [-0.1, -0.05) is 289 Å². The van der Waals surface area contributed by atoms with E-state index in [-0.39, 0.29) is 222 Å². The second kappa shape index (κ2) is 65.0. The van der Waals surface area contributed by atoms with Crippen molar-refractivity contribution in [2.45, 2.75) is 269 Å². The molecule has 0 radical (unpaired) electrons. The predicted octanol–water partition coefficient (Wildman–Crippen LogP) is 35.5. The molecule has 0 amide bonds. The molecule has 115 heavy (non-hydrogen) atoms. The summed E-state index contributed by atoms with van der Waals surface area (Å²) < 4.78 is 0. The molecule has 12 atom stereocenters. The molecule has 0 aliphatic heterocycles. The maximum absolute atomic E-state index is 2.62. The maximum atomic E-state index is 2.62. The van der Waals surface area contributed by atoms with E-state index in [0.29, 0.717) is 5.41 Å². The smallest absolute Gasteiger partial charge is 0.358 e. The fourth-order valence-electron chi connectivity index (χ4n) is 22.4. The number of allylic oxidation sites excluding steroid dienone is 10. The van der Waals surface area contributed by atoms with Gasteiger partial charge in [0.15, 0.2) is 0 Å². The largest absolute Gasteiger partial charge is 4.00 e. The molecule has 9 fully saturated rings. The van der Waals surface area contributed by atoms with Crippen LogP contribution in [0, 0.1) is 302 Å². The Hall–Kier alpha value is 0.361. The first-order valence-electron chi connectivity index (χ1n) is 41.2. The van der Waals surface area contributed by atoms with E-state index in [1.807, 2.05) is 0 Å². The van der Waals surface area contributed by atoms with Gasteiger partial charge in [-0.3, -0.25) is 0 Å². The van der Waals surface area contributed by atoms with Crippen molar-refractivity contribution in [2.24, 2.45) is 183 Å². The molecule has 0 saturated heterocycles. The van der Waals surface area contributed by atoms with E-state index in [1.54, 1.807) is 22.3 Å². The van der Waals surface area contributed by atoms with E-state index in [0.717, 1.165) is 189 Å². The van der Waals surface area contributed by atoms with Gasteiger partial charge in [-0.2, -0.15) is 0 Å². The number of rotatable bonds is 1. The van der Waals surface area contributed by atoms with E-state index in [9.17, 15) is 0 Å². The Balaban J connectivity index is -0.0000000925. The zero-order chi connectivity index (χ0) is 69.7. The Morgan fingerprint density at radius 2 is 0.583 bits per heavy atom. The Bertz CT molecular complexity index is 2600. The second-order valence-corrected chi connectivity index (χ2v) is 37.8. The van der Waals surface area contributed by atoms with Gasteiger partial charge in [-0.15, -0.1) is 0 Å². The molecule has 2 aromatic carbocycles. The summed E-state index contributed by atoms with van der Waals surface area (Å²) in [4.78, 5) is 0. The van der Waals surface area contributed by atoms with E-state index < -0.39 is 0 Å². The molecule has 12 unspecified atom stereocenters. The van der Waals surface area contributed by atoms with Crippen LogP contribution in [0.4, 0.5) is 0 Å². The van der Waals surface area contributed by atoms with Crippen molar-refractivity contribution >= 4 is 12.2 Å². The van der Waals surface area contributed by atoms with Crippen LogP contribution in [0.2, 0.25) is 0 Å². The summed E-state index contributed by atoms with van der Waals surface area (Å²) in [6, 6.07) is 17.8. The van der Waals surface area contributed by atoms with Gasteiger partial charge >= 0.3 is 103 Å². The Morgan fingerprint density at radius 3 is 0.957 bits per heavy atom. The Morgan fingerprint density at radius 1 is 0.278 bits per heavy atom. The van der Waals surface area contributed by atoms with Gasteiger partial charge in [-0.25, -0.2) is 0 Å². The van der Waals surface area contributed by atoms with Gasteiger partial charge in [0.25, 0.3) is 0 Å². The predicted molar refractivity (Wildman–Crippen MR) is 524 cm³/mol. The minimum atomic E-state index is 0. The summed E-state index contributed by atoms with van der Waals surface area (Å²) in [7, 11) is 0. The van der Waals surface area contributed by atoms with E-state index in [4.69, 9.17) is 0 Å². The van der Waals surface area contributed by atoms with E-state index >= 15 is 0 Å². The molecule has 9 saturated carbocycles. The number of benzene rings is 2. The number of fused-ring (bicyclic) bond motifs is 9. The average Bonchev–Trinajstić information content (AvgIpc) is 1.57. The van der Waals surface area contributed by atoms with Crippen molar-refractivity contribution < 1.29 is 103 Å². The quantitative estimate of drug-likeness (QED) is 0.197. The molecule has 0 aromatic heterocycles. The van der Waals surface area contributed by atoms with Gasteiger partial charge in [0, 0.05) is 0 Å². The molecular formula is C111H200Hf4. The maximum Gasteiger partial charge on any atom is 4.00 e. The minimum absolute atomic E-state index is 0. The van der Waals surface area contributed by atoms with E-state index in [2.05, 4.69) is 289 Å². The fourth-order valence-corrected chi connectivity index (χ4v) is 22.4. The fraction of sp³-hybridized carbons (Fsp3) is 0.640. The van der Waals surface area contributed by atoms with Crippen LogP contribution in [0.25, 0.3) is 12.2 Å². The molecule has 2 aromatic rings. The topological polar surface area (TPSA) is 0 Å². The summed E-state index contributed by atoms with van der Waals surface area (Å²) >= 11 is 0. The van der Waals surface area contributed by atoms with Crippen molar-refractivity contribution in [3.05, 3.63) is 249 Å². The molecule has 13 aliphatic carbocycles. The van der Waals surface area contributed by atoms with Crippen LogP contribution in [0.3, 0.4) is 0 Å². The zero-order valence-electron chi connectivity index (χ0n) is 84.9. The molecular weight excluding hydrogens is 2050 g/mol.